The van der Waals surface area contributed by atoms with Gasteiger partial charge >= 0.3 is 0 Å². The molecule has 0 unspecified atom stereocenters. The highest BCUT2D eigenvalue weighted by molar-refractivity contribution is 6.30. The van der Waals surface area contributed by atoms with E-state index in [2.05, 4.69) is 15.7 Å². The summed E-state index contributed by atoms with van der Waals surface area (Å²) < 4.78 is 6.88. The van der Waals surface area contributed by atoms with Gasteiger partial charge in [0.05, 0.1) is 18.5 Å². The Bertz CT molecular complexity index is 1120. The van der Waals surface area contributed by atoms with Crippen molar-refractivity contribution in [1.29, 1.82) is 0 Å². The van der Waals surface area contributed by atoms with Crippen molar-refractivity contribution in [2.24, 2.45) is 5.92 Å². The van der Waals surface area contributed by atoms with Crippen molar-refractivity contribution in [2.75, 3.05) is 18.5 Å². The fraction of sp³-hybridized carbons (Fsp3) is 0.261. The Kier molecular flexibility index (Phi) is 6.23. The summed E-state index contributed by atoms with van der Waals surface area (Å²) in [5.41, 5.74) is 1.72. The standard InChI is InChI=1S/C23H23ClN4O3/c1-2-31-20-14-26-28(19-11-7-17(24)8-12-19)23(30)21(20)27-18-9-5-16(6-10-18)22(29)25-13-15-3-4-15/h5-12,14-15,27H,2-4,13H2,1H3,(H,25,29). The summed E-state index contributed by atoms with van der Waals surface area (Å²) in [5, 5.41) is 10.9. The van der Waals surface area contributed by atoms with Crippen LogP contribution >= 0.6 is 11.6 Å². The Hall–Kier alpha value is -3.32. The number of hydrogen-bond acceptors (Lipinski definition) is 5. The van der Waals surface area contributed by atoms with Gasteiger partial charge in [-0.05, 0) is 74.2 Å². The van der Waals surface area contributed by atoms with E-state index in [1.165, 1.54) is 23.7 Å². The molecule has 4 rings (SSSR count). The lowest BCUT2D eigenvalue weighted by Gasteiger charge is -2.14. The number of ether oxygens (including phenoxy) is 1. The smallest absolute Gasteiger partial charge is 0.299 e. The van der Waals surface area contributed by atoms with Gasteiger partial charge in [0, 0.05) is 22.8 Å². The number of nitrogens with one attached hydrogen (secondary N) is 2. The highest BCUT2D eigenvalue weighted by Gasteiger charge is 2.22. The van der Waals surface area contributed by atoms with Crippen LogP contribution in [0.3, 0.4) is 0 Å². The first kappa shape index (κ1) is 20.9. The molecule has 1 aliphatic rings. The second-order valence-corrected chi connectivity index (χ2v) is 7.80. The van der Waals surface area contributed by atoms with E-state index in [1.807, 2.05) is 6.92 Å². The maximum atomic E-state index is 13.1. The first-order valence-corrected chi connectivity index (χ1v) is 10.6. The highest BCUT2D eigenvalue weighted by atomic mass is 35.5. The number of aromatic nitrogens is 2. The molecule has 0 spiro atoms. The molecule has 160 valence electrons. The van der Waals surface area contributed by atoms with Gasteiger partial charge in [0.15, 0.2) is 11.4 Å². The number of hydrogen-bond donors (Lipinski definition) is 2. The number of halogens is 1. The molecule has 1 aliphatic carbocycles. The van der Waals surface area contributed by atoms with Gasteiger partial charge in [-0.1, -0.05) is 11.6 Å². The fourth-order valence-electron chi connectivity index (χ4n) is 3.10. The predicted octanol–water partition coefficient (Wildman–Crippen LogP) is 4.17. The molecule has 8 heteroatoms. The average molecular weight is 439 g/mol. The summed E-state index contributed by atoms with van der Waals surface area (Å²) in [6.45, 7) is 2.95. The molecule has 0 radical (unpaired) electrons. The topological polar surface area (TPSA) is 85.2 Å². The third-order valence-corrected chi connectivity index (χ3v) is 5.23. The summed E-state index contributed by atoms with van der Waals surface area (Å²) in [6.07, 6.45) is 3.87. The largest absolute Gasteiger partial charge is 0.490 e. The molecule has 1 amide bonds. The molecule has 0 atom stereocenters. The van der Waals surface area contributed by atoms with Crippen LogP contribution in [-0.2, 0) is 0 Å². The highest BCUT2D eigenvalue weighted by Crippen LogP contribution is 2.28. The second-order valence-electron chi connectivity index (χ2n) is 7.37. The predicted molar refractivity (Wildman–Crippen MR) is 121 cm³/mol. The summed E-state index contributed by atoms with van der Waals surface area (Å²) in [6, 6.07) is 13.8. The van der Waals surface area contributed by atoms with Crippen LogP contribution in [0.5, 0.6) is 5.75 Å². The van der Waals surface area contributed by atoms with Gasteiger partial charge in [-0.2, -0.15) is 9.78 Å². The lowest BCUT2D eigenvalue weighted by atomic mass is 10.2. The van der Waals surface area contributed by atoms with Crippen LogP contribution < -0.4 is 20.9 Å². The van der Waals surface area contributed by atoms with Gasteiger partial charge in [-0.15, -0.1) is 0 Å². The average Bonchev–Trinajstić information content (AvgIpc) is 3.61. The van der Waals surface area contributed by atoms with Crippen LogP contribution in [0, 0.1) is 5.92 Å². The van der Waals surface area contributed by atoms with Crippen molar-refractivity contribution in [3.8, 4) is 11.4 Å². The Morgan fingerprint density at radius 2 is 1.87 bits per heavy atom. The lowest BCUT2D eigenvalue weighted by Crippen LogP contribution is -2.25. The number of benzene rings is 2. The quantitative estimate of drug-likeness (QED) is 0.551. The Labute approximate surface area is 185 Å². The molecule has 31 heavy (non-hydrogen) atoms. The van der Waals surface area contributed by atoms with Crippen LogP contribution in [0.1, 0.15) is 30.1 Å². The maximum absolute atomic E-state index is 13.1. The van der Waals surface area contributed by atoms with Crippen LogP contribution in [0.15, 0.2) is 59.5 Å². The molecule has 1 fully saturated rings. The van der Waals surface area contributed by atoms with Crippen LogP contribution in [0.25, 0.3) is 5.69 Å². The number of anilines is 2. The monoisotopic (exact) mass is 438 g/mol. The zero-order valence-corrected chi connectivity index (χ0v) is 17.9. The van der Waals surface area contributed by atoms with Gasteiger partial charge in [0.25, 0.3) is 11.5 Å². The summed E-state index contributed by atoms with van der Waals surface area (Å²) in [7, 11) is 0. The van der Waals surface area contributed by atoms with Crippen molar-refractivity contribution in [3.63, 3.8) is 0 Å². The normalized spacial score (nSPS) is 13.0. The zero-order chi connectivity index (χ0) is 21.8. The molecule has 3 aromatic rings. The van der Waals surface area contributed by atoms with Crippen molar-refractivity contribution in [2.45, 2.75) is 19.8 Å². The van der Waals surface area contributed by atoms with Crippen molar-refractivity contribution in [1.82, 2.24) is 15.1 Å². The number of amides is 1. The molecular weight excluding hydrogens is 416 g/mol. The SMILES string of the molecule is CCOc1cnn(-c2ccc(Cl)cc2)c(=O)c1Nc1ccc(C(=O)NCC2CC2)cc1. The van der Waals surface area contributed by atoms with E-state index in [0.717, 1.165) is 6.54 Å². The molecular formula is C23H23ClN4O3. The fourth-order valence-corrected chi connectivity index (χ4v) is 3.22. The lowest BCUT2D eigenvalue weighted by molar-refractivity contribution is 0.0952. The van der Waals surface area contributed by atoms with E-state index < -0.39 is 0 Å². The van der Waals surface area contributed by atoms with Gasteiger partial charge in [0.2, 0.25) is 0 Å². The minimum absolute atomic E-state index is 0.0949. The summed E-state index contributed by atoms with van der Waals surface area (Å²) in [4.78, 5) is 25.4. The molecule has 0 saturated heterocycles. The van der Waals surface area contributed by atoms with E-state index in [1.54, 1.807) is 48.5 Å². The molecule has 2 aromatic carbocycles. The third kappa shape index (κ3) is 5.06. The van der Waals surface area contributed by atoms with Crippen LogP contribution in [-0.4, -0.2) is 28.8 Å². The minimum Gasteiger partial charge on any atom is -0.490 e. The van der Waals surface area contributed by atoms with Crippen molar-refractivity contribution >= 4 is 28.9 Å². The van der Waals surface area contributed by atoms with E-state index in [0.29, 0.717) is 40.2 Å². The minimum atomic E-state index is -0.362. The van der Waals surface area contributed by atoms with Gasteiger partial charge < -0.3 is 15.4 Å². The molecule has 1 saturated carbocycles. The molecule has 0 bridgehead atoms. The zero-order valence-electron chi connectivity index (χ0n) is 17.1. The number of rotatable bonds is 8. The molecule has 1 aromatic heterocycles. The number of nitrogens with zero attached hydrogens (tertiary/aromatic N) is 2. The van der Waals surface area contributed by atoms with Gasteiger partial charge in [0.1, 0.15) is 0 Å². The molecule has 1 heterocycles. The first-order chi connectivity index (χ1) is 15.0. The Balaban J connectivity index is 1.58. The van der Waals surface area contributed by atoms with Crippen LogP contribution in [0.4, 0.5) is 11.4 Å². The summed E-state index contributed by atoms with van der Waals surface area (Å²) in [5.74, 6) is 0.878. The molecule has 7 nitrogen and oxygen atoms in total. The Morgan fingerprint density at radius 1 is 1.16 bits per heavy atom. The maximum Gasteiger partial charge on any atom is 0.299 e. The van der Waals surface area contributed by atoms with Gasteiger partial charge in [-0.25, -0.2) is 0 Å². The van der Waals surface area contributed by atoms with Gasteiger partial charge in [-0.3, -0.25) is 9.59 Å². The van der Waals surface area contributed by atoms with Crippen molar-refractivity contribution < 1.29 is 9.53 Å². The molecule has 0 aliphatic heterocycles. The number of carbonyl (C=O) groups is 1. The van der Waals surface area contributed by atoms with E-state index in [9.17, 15) is 9.59 Å². The van der Waals surface area contributed by atoms with E-state index in [4.69, 9.17) is 16.3 Å². The van der Waals surface area contributed by atoms with E-state index >= 15 is 0 Å². The Morgan fingerprint density at radius 3 is 2.52 bits per heavy atom. The second kappa shape index (κ2) is 9.22. The summed E-state index contributed by atoms with van der Waals surface area (Å²) >= 11 is 5.95. The number of carbonyl (C=O) groups excluding carboxylic acids is 1. The van der Waals surface area contributed by atoms with Crippen molar-refractivity contribution in [3.05, 3.63) is 75.7 Å². The molecule has 2 N–H and O–H groups in total. The third-order valence-electron chi connectivity index (χ3n) is 4.98. The first-order valence-electron chi connectivity index (χ1n) is 10.2. The van der Waals surface area contributed by atoms with Crippen LogP contribution in [0.2, 0.25) is 5.02 Å². The van der Waals surface area contributed by atoms with E-state index in [-0.39, 0.29) is 17.2 Å².